The predicted octanol–water partition coefficient (Wildman–Crippen LogP) is 4.29. The van der Waals surface area contributed by atoms with Crippen LogP contribution in [-0.4, -0.2) is 48.4 Å². The van der Waals surface area contributed by atoms with Gasteiger partial charge in [0.15, 0.2) is 0 Å². The van der Waals surface area contributed by atoms with E-state index in [1.54, 1.807) is 10.5 Å². The fraction of sp³-hybridized carbons (Fsp3) is 0.696. The predicted molar refractivity (Wildman–Crippen MR) is 106 cm³/mol. The summed E-state index contributed by atoms with van der Waals surface area (Å²) in [6.45, 7) is 2.40. The SMILES string of the molecule is CN(C)C(=O)CC1(N2CCC(C[C@@H]3CC3c3ccccc3)CC2)CCC1. The maximum absolute atomic E-state index is 12.3. The topological polar surface area (TPSA) is 23.6 Å². The number of carbonyl (C=O) groups is 1. The first kappa shape index (κ1) is 18.0. The van der Waals surface area contributed by atoms with Crippen molar-refractivity contribution in [3.8, 4) is 0 Å². The molecule has 0 aromatic heterocycles. The zero-order valence-electron chi connectivity index (χ0n) is 16.5. The molecular formula is C23H34N2O. The third-order valence-electron chi connectivity index (χ3n) is 7.34. The van der Waals surface area contributed by atoms with Crippen molar-refractivity contribution in [3.05, 3.63) is 35.9 Å². The number of nitrogens with zero attached hydrogens (tertiary/aromatic N) is 2. The minimum atomic E-state index is 0.193. The molecule has 1 heterocycles. The Morgan fingerprint density at radius 3 is 2.42 bits per heavy atom. The van der Waals surface area contributed by atoms with Crippen molar-refractivity contribution >= 4 is 5.91 Å². The highest BCUT2D eigenvalue weighted by molar-refractivity contribution is 5.77. The second-order valence-corrected chi connectivity index (χ2v) is 9.22. The van der Waals surface area contributed by atoms with Crippen molar-refractivity contribution in [2.75, 3.05) is 27.2 Å². The van der Waals surface area contributed by atoms with E-state index in [0.29, 0.717) is 5.91 Å². The minimum Gasteiger partial charge on any atom is -0.349 e. The third kappa shape index (κ3) is 3.69. The molecule has 1 amide bonds. The van der Waals surface area contributed by atoms with Crippen molar-refractivity contribution in [2.45, 2.75) is 62.8 Å². The molecule has 2 atom stereocenters. The maximum atomic E-state index is 12.3. The van der Waals surface area contributed by atoms with Gasteiger partial charge in [0.05, 0.1) is 0 Å². The molecule has 4 rings (SSSR count). The standard InChI is InChI=1S/C23H34N2O/c1-24(2)22(26)17-23(11-6-12-23)25-13-9-18(10-14-25)15-20-16-21(20)19-7-4-3-5-8-19/h3-5,7-8,18,20-21H,6,9-17H2,1-2H3/t20-,21?/m1/s1. The number of hydrogen-bond acceptors (Lipinski definition) is 2. The van der Waals surface area contributed by atoms with Crippen molar-refractivity contribution in [3.63, 3.8) is 0 Å². The Kier molecular flexibility index (Phi) is 5.09. The Labute approximate surface area is 158 Å². The molecule has 0 N–H and O–H groups in total. The maximum Gasteiger partial charge on any atom is 0.223 e. The lowest BCUT2D eigenvalue weighted by atomic mass is 9.71. The van der Waals surface area contributed by atoms with Gasteiger partial charge in [0.25, 0.3) is 0 Å². The van der Waals surface area contributed by atoms with Crippen LogP contribution in [0, 0.1) is 11.8 Å². The quantitative estimate of drug-likeness (QED) is 0.761. The van der Waals surface area contributed by atoms with E-state index in [4.69, 9.17) is 0 Å². The van der Waals surface area contributed by atoms with Gasteiger partial charge in [0.1, 0.15) is 0 Å². The van der Waals surface area contributed by atoms with Crippen LogP contribution in [-0.2, 0) is 4.79 Å². The number of hydrogen-bond donors (Lipinski definition) is 0. The van der Waals surface area contributed by atoms with E-state index in [1.165, 1.54) is 58.0 Å². The Morgan fingerprint density at radius 1 is 1.15 bits per heavy atom. The highest BCUT2D eigenvalue weighted by Gasteiger charge is 2.46. The first-order valence-corrected chi connectivity index (χ1v) is 10.6. The molecule has 2 aliphatic carbocycles. The van der Waals surface area contributed by atoms with Crippen LogP contribution in [0.1, 0.15) is 62.8 Å². The largest absolute Gasteiger partial charge is 0.349 e. The molecule has 1 unspecified atom stereocenters. The van der Waals surface area contributed by atoms with Crippen LogP contribution in [0.25, 0.3) is 0 Å². The number of carbonyl (C=O) groups excluding carboxylic acids is 1. The van der Waals surface area contributed by atoms with Gasteiger partial charge in [-0.1, -0.05) is 30.3 Å². The number of likely N-dealkylation sites (tertiary alicyclic amines) is 1. The molecule has 1 aromatic carbocycles. The zero-order valence-corrected chi connectivity index (χ0v) is 16.5. The summed E-state index contributed by atoms with van der Waals surface area (Å²) in [4.78, 5) is 16.7. The number of amides is 1. The molecule has 0 radical (unpaired) electrons. The van der Waals surface area contributed by atoms with Crippen molar-refractivity contribution < 1.29 is 4.79 Å². The summed E-state index contributed by atoms with van der Waals surface area (Å²) < 4.78 is 0. The summed E-state index contributed by atoms with van der Waals surface area (Å²) in [6.07, 6.45) is 9.92. The summed E-state index contributed by atoms with van der Waals surface area (Å²) in [5, 5.41) is 0. The van der Waals surface area contributed by atoms with Crippen LogP contribution < -0.4 is 0 Å². The number of rotatable bonds is 6. The first-order valence-electron chi connectivity index (χ1n) is 10.6. The molecule has 3 heteroatoms. The summed E-state index contributed by atoms with van der Waals surface area (Å²) in [6, 6.07) is 11.1. The van der Waals surface area contributed by atoms with E-state index in [9.17, 15) is 4.79 Å². The minimum absolute atomic E-state index is 0.193. The summed E-state index contributed by atoms with van der Waals surface area (Å²) >= 11 is 0. The van der Waals surface area contributed by atoms with E-state index in [1.807, 2.05) is 14.1 Å². The smallest absolute Gasteiger partial charge is 0.223 e. The van der Waals surface area contributed by atoms with Gasteiger partial charge in [0.2, 0.25) is 5.91 Å². The lowest BCUT2D eigenvalue weighted by Crippen LogP contribution is -2.58. The lowest BCUT2D eigenvalue weighted by Gasteiger charge is -2.52. The van der Waals surface area contributed by atoms with Gasteiger partial charge in [-0.25, -0.2) is 0 Å². The fourth-order valence-electron chi connectivity index (χ4n) is 5.32. The Morgan fingerprint density at radius 2 is 1.85 bits per heavy atom. The van der Waals surface area contributed by atoms with Crippen LogP contribution in [0.5, 0.6) is 0 Å². The average Bonchev–Trinajstić information content (AvgIpc) is 3.38. The Hall–Kier alpha value is -1.35. The van der Waals surface area contributed by atoms with E-state index in [2.05, 4.69) is 35.2 Å². The van der Waals surface area contributed by atoms with Gasteiger partial charge in [0, 0.05) is 26.1 Å². The van der Waals surface area contributed by atoms with Gasteiger partial charge in [-0.15, -0.1) is 0 Å². The fourth-order valence-corrected chi connectivity index (χ4v) is 5.32. The Bertz CT molecular complexity index is 614. The van der Waals surface area contributed by atoms with Gasteiger partial charge >= 0.3 is 0 Å². The van der Waals surface area contributed by atoms with Crippen molar-refractivity contribution in [1.82, 2.24) is 9.80 Å². The monoisotopic (exact) mass is 354 g/mol. The molecule has 3 fully saturated rings. The molecule has 3 aliphatic rings. The van der Waals surface area contributed by atoms with Crippen LogP contribution >= 0.6 is 0 Å². The second kappa shape index (κ2) is 7.34. The molecule has 26 heavy (non-hydrogen) atoms. The molecule has 142 valence electrons. The van der Waals surface area contributed by atoms with Crippen molar-refractivity contribution in [2.24, 2.45) is 11.8 Å². The van der Waals surface area contributed by atoms with Gasteiger partial charge in [-0.2, -0.15) is 0 Å². The number of piperidine rings is 1. The molecule has 0 bridgehead atoms. The zero-order chi connectivity index (χ0) is 18.1. The summed E-state index contributed by atoms with van der Waals surface area (Å²) in [5.74, 6) is 2.94. The first-order chi connectivity index (χ1) is 12.6. The third-order valence-corrected chi connectivity index (χ3v) is 7.34. The molecule has 3 nitrogen and oxygen atoms in total. The normalized spacial score (nSPS) is 28.4. The molecule has 1 aliphatic heterocycles. The average molecular weight is 355 g/mol. The van der Waals surface area contributed by atoms with Crippen LogP contribution in [0.2, 0.25) is 0 Å². The molecule has 1 saturated heterocycles. The molecule has 0 spiro atoms. The Balaban J connectivity index is 1.26. The van der Waals surface area contributed by atoms with E-state index >= 15 is 0 Å². The summed E-state index contributed by atoms with van der Waals surface area (Å²) in [7, 11) is 3.78. The second-order valence-electron chi connectivity index (χ2n) is 9.22. The highest BCUT2D eigenvalue weighted by Crippen LogP contribution is 2.52. The van der Waals surface area contributed by atoms with E-state index in [-0.39, 0.29) is 5.54 Å². The van der Waals surface area contributed by atoms with E-state index < -0.39 is 0 Å². The lowest BCUT2D eigenvalue weighted by molar-refractivity contribution is -0.135. The summed E-state index contributed by atoms with van der Waals surface area (Å²) in [5.41, 5.74) is 1.74. The highest BCUT2D eigenvalue weighted by atomic mass is 16.2. The molecule has 1 aromatic rings. The van der Waals surface area contributed by atoms with Crippen LogP contribution in [0.4, 0.5) is 0 Å². The molecule has 2 saturated carbocycles. The van der Waals surface area contributed by atoms with Crippen LogP contribution in [0.15, 0.2) is 30.3 Å². The van der Waals surface area contributed by atoms with Gasteiger partial charge in [-0.3, -0.25) is 9.69 Å². The number of benzene rings is 1. The van der Waals surface area contributed by atoms with Crippen molar-refractivity contribution in [1.29, 1.82) is 0 Å². The molecular weight excluding hydrogens is 320 g/mol. The van der Waals surface area contributed by atoms with Gasteiger partial charge < -0.3 is 4.90 Å². The van der Waals surface area contributed by atoms with E-state index in [0.717, 1.165) is 24.2 Å². The van der Waals surface area contributed by atoms with Crippen LogP contribution in [0.3, 0.4) is 0 Å². The van der Waals surface area contributed by atoms with Gasteiger partial charge in [-0.05, 0) is 81.4 Å².